The molecular weight excluding hydrogens is 280 g/mol. The zero-order chi connectivity index (χ0) is 15.7. The number of aliphatic carboxylic acids is 1. The number of aryl methyl sites for hydroxylation is 1. The fourth-order valence-corrected chi connectivity index (χ4v) is 3.35. The molecule has 1 fully saturated rings. The number of rotatable bonds is 3. The van der Waals surface area contributed by atoms with Crippen molar-refractivity contribution >= 4 is 22.8 Å². The monoisotopic (exact) mass is 300 g/mol. The standard InChI is InChI=1S/C17H20N2O3/c1-19-11-13(12-7-3-4-8-14(12)19)15(20)18-17(16(21)22)9-5-2-6-10-17/h3-4,7-8,11H,2,5-6,9-10H2,1H3,(H,18,20)(H,21,22). The summed E-state index contributed by atoms with van der Waals surface area (Å²) in [4.78, 5) is 24.4. The minimum Gasteiger partial charge on any atom is -0.480 e. The molecule has 0 bridgehead atoms. The van der Waals surface area contributed by atoms with Crippen molar-refractivity contribution in [3.63, 3.8) is 0 Å². The van der Waals surface area contributed by atoms with Crippen molar-refractivity contribution in [3.05, 3.63) is 36.0 Å². The number of nitrogens with one attached hydrogen (secondary N) is 1. The smallest absolute Gasteiger partial charge is 0.329 e. The first-order valence-corrected chi connectivity index (χ1v) is 7.63. The quantitative estimate of drug-likeness (QED) is 0.915. The van der Waals surface area contributed by atoms with Gasteiger partial charge in [-0.1, -0.05) is 37.5 Å². The van der Waals surface area contributed by atoms with E-state index in [1.165, 1.54) is 0 Å². The minimum absolute atomic E-state index is 0.305. The Morgan fingerprint density at radius 1 is 1.18 bits per heavy atom. The van der Waals surface area contributed by atoms with Gasteiger partial charge in [-0.15, -0.1) is 0 Å². The average Bonchev–Trinajstić information content (AvgIpc) is 2.86. The van der Waals surface area contributed by atoms with Crippen LogP contribution in [0, 0.1) is 0 Å². The van der Waals surface area contributed by atoms with Crippen LogP contribution in [0.5, 0.6) is 0 Å². The zero-order valence-electron chi connectivity index (χ0n) is 12.6. The summed E-state index contributed by atoms with van der Waals surface area (Å²) in [6.07, 6.45) is 5.46. The largest absolute Gasteiger partial charge is 0.480 e. The predicted molar refractivity (Wildman–Crippen MR) is 83.8 cm³/mol. The Morgan fingerprint density at radius 2 is 1.86 bits per heavy atom. The van der Waals surface area contributed by atoms with E-state index < -0.39 is 11.5 Å². The van der Waals surface area contributed by atoms with E-state index in [9.17, 15) is 14.7 Å². The van der Waals surface area contributed by atoms with Gasteiger partial charge in [0, 0.05) is 24.1 Å². The second-order valence-electron chi connectivity index (χ2n) is 6.07. The van der Waals surface area contributed by atoms with E-state index in [1.807, 2.05) is 35.9 Å². The van der Waals surface area contributed by atoms with Crippen LogP contribution in [0.4, 0.5) is 0 Å². The van der Waals surface area contributed by atoms with E-state index in [4.69, 9.17) is 0 Å². The van der Waals surface area contributed by atoms with Gasteiger partial charge in [0.15, 0.2) is 0 Å². The highest BCUT2D eigenvalue weighted by Gasteiger charge is 2.41. The molecule has 5 heteroatoms. The number of carboxylic acid groups (broad SMARTS) is 1. The molecule has 1 aliphatic carbocycles. The molecule has 3 rings (SSSR count). The summed E-state index contributed by atoms with van der Waals surface area (Å²) in [5.74, 6) is -1.23. The summed E-state index contributed by atoms with van der Waals surface area (Å²) in [5, 5.41) is 13.2. The molecule has 1 amide bonds. The molecule has 22 heavy (non-hydrogen) atoms. The summed E-state index contributed by atoms with van der Waals surface area (Å²) in [6.45, 7) is 0. The van der Waals surface area contributed by atoms with Crippen LogP contribution in [0.15, 0.2) is 30.5 Å². The Labute approximate surface area is 128 Å². The lowest BCUT2D eigenvalue weighted by Crippen LogP contribution is -2.55. The molecule has 116 valence electrons. The second kappa shape index (κ2) is 5.48. The van der Waals surface area contributed by atoms with Gasteiger partial charge in [-0.05, 0) is 18.9 Å². The fraction of sp³-hybridized carbons (Fsp3) is 0.412. The maximum absolute atomic E-state index is 12.7. The molecule has 5 nitrogen and oxygen atoms in total. The van der Waals surface area contributed by atoms with Crippen molar-refractivity contribution in [3.8, 4) is 0 Å². The lowest BCUT2D eigenvalue weighted by molar-refractivity contribution is -0.145. The summed E-state index contributed by atoms with van der Waals surface area (Å²) in [5.41, 5.74) is 0.372. The molecule has 1 saturated carbocycles. The first-order chi connectivity index (χ1) is 10.5. The van der Waals surface area contributed by atoms with Crippen LogP contribution < -0.4 is 5.32 Å². The van der Waals surface area contributed by atoms with Crippen LogP contribution in [0.2, 0.25) is 0 Å². The molecule has 0 spiro atoms. The van der Waals surface area contributed by atoms with Gasteiger partial charge in [0.25, 0.3) is 5.91 Å². The summed E-state index contributed by atoms with van der Waals surface area (Å²) in [6, 6.07) is 7.63. The Hall–Kier alpha value is -2.30. The van der Waals surface area contributed by atoms with Crippen LogP contribution in [0.1, 0.15) is 42.5 Å². The maximum atomic E-state index is 12.7. The summed E-state index contributed by atoms with van der Waals surface area (Å²) in [7, 11) is 1.88. The third-order valence-corrected chi connectivity index (χ3v) is 4.61. The zero-order valence-corrected chi connectivity index (χ0v) is 12.6. The molecule has 0 radical (unpaired) electrons. The first-order valence-electron chi connectivity index (χ1n) is 7.63. The number of carboxylic acids is 1. The molecular formula is C17H20N2O3. The highest BCUT2D eigenvalue weighted by Crippen LogP contribution is 2.29. The van der Waals surface area contributed by atoms with Gasteiger partial charge in [-0.2, -0.15) is 0 Å². The van der Waals surface area contributed by atoms with E-state index in [0.29, 0.717) is 18.4 Å². The summed E-state index contributed by atoms with van der Waals surface area (Å²) >= 11 is 0. The van der Waals surface area contributed by atoms with E-state index in [-0.39, 0.29) is 5.91 Å². The number of hydrogen-bond acceptors (Lipinski definition) is 2. The van der Waals surface area contributed by atoms with Crippen LogP contribution in [-0.2, 0) is 11.8 Å². The van der Waals surface area contributed by atoms with Crippen LogP contribution >= 0.6 is 0 Å². The Balaban J connectivity index is 1.94. The topological polar surface area (TPSA) is 71.3 Å². The first kappa shape index (κ1) is 14.6. The number of carbonyl (C=O) groups excluding carboxylic acids is 1. The minimum atomic E-state index is -1.12. The number of aromatic nitrogens is 1. The Morgan fingerprint density at radius 3 is 2.55 bits per heavy atom. The highest BCUT2D eigenvalue weighted by molar-refractivity contribution is 6.08. The average molecular weight is 300 g/mol. The predicted octanol–water partition coefficient (Wildman–Crippen LogP) is 2.70. The second-order valence-corrected chi connectivity index (χ2v) is 6.07. The molecule has 1 aromatic carbocycles. The molecule has 0 aliphatic heterocycles. The van der Waals surface area contributed by atoms with E-state index in [0.717, 1.165) is 30.2 Å². The molecule has 0 unspecified atom stereocenters. The van der Waals surface area contributed by atoms with Crippen molar-refractivity contribution in [1.82, 2.24) is 9.88 Å². The molecule has 2 N–H and O–H groups in total. The van der Waals surface area contributed by atoms with E-state index in [1.54, 1.807) is 6.20 Å². The van der Waals surface area contributed by atoms with Crippen molar-refractivity contribution in [1.29, 1.82) is 0 Å². The molecule has 0 atom stereocenters. The van der Waals surface area contributed by atoms with E-state index in [2.05, 4.69) is 5.32 Å². The number of benzene rings is 1. The van der Waals surface area contributed by atoms with Crippen molar-refractivity contribution in [2.45, 2.75) is 37.6 Å². The molecule has 0 saturated heterocycles. The Kier molecular flexibility index (Phi) is 3.64. The van der Waals surface area contributed by atoms with Gasteiger partial charge in [0.05, 0.1) is 5.56 Å². The van der Waals surface area contributed by atoms with Gasteiger partial charge in [-0.3, -0.25) is 4.79 Å². The lowest BCUT2D eigenvalue weighted by Gasteiger charge is -2.33. The van der Waals surface area contributed by atoms with Gasteiger partial charge >= 0.3 is 5.97 Å². The van der Waals surface area contributed by atoms with Crippen molar-refractivity contribution < 1.29 is 14.7 Å². The third kappa shape index (κ3) is 2.36. The maximum Gasteiger partial charge on any atom is 0.329 e. The number of amides is 1. The third-order valence-electron chi connectivity index (χ3n) is 4.61. The fourth-order valence-electron chi connectivity index (χ4n) is 3.35. The summed E-state index contributed by atoms with van der Waals surface area (Å²) < 4.78 is 1.89. The lowest BCUT2D eigenvalue weighted by atomic mass is 9.81. The van der Waals surface area contributed by atoms with Crippen molar-refractivity contribution in [2.24, 2.45) is 7.05 Å². The van der Waals surface area contributed by atoms with Crippen molar-refractivity contribution in [2.75, 3.05) is 0 Å². The number of hydrogen-bond donors (Lipinski definition) is 2. The number of carbonyl (C=O) groups is 2. The highest BCUT2D eigenvalue weighted by atomic mass is 16.4. The number of nitrogens with zero attached hydrogens (tertiary/aromatic N) is 1. The molecule has 1 heterocycles. The molecule has 2 aromatic rings. The van der Waals surface area contributed by atoms with Gasteiger partial charge < -0.3 is 15.0 Å². The van der Waals surface area contributed by atoms with Gasteiger partial charge in [0.1, 0.15) is 5.54 Å². The van der Waals surface area contributed by atoms with E-state index >= 15 is 0 Å². The SMILES string of the molecule is Cn1cc(C(=O)NC2(C(=O)O)CCCCC2)c2ccccc21. The van der Waals surface area contributed by atoms with Crippen LogP contribution in [-0.4, -0.2) is 27.1 Å². The van der Waals surface area contributed by atoms with Crippen LogP contribution in [0.3, 0.4) is 0 Å². The van der Waals surface area contributed by atoms with Gasteiger partial charge in [-0.25, -0.2) is 4.79 Å². The number of fused-ring (bicyclic) bond motifs is 1. The Bertz CT molecular complexity index is 727. The van der Waals surface area contributed by atoms with Gasteiger partial charge in [0.2, 0.25) is 0 Å². The molecule has 1 aromatic heterocycles. The number of para-hydroxylation sites is 1. The van der Waals surface area contributed by atoms with Crippen LogP contribution in [0.25, 0.3) is 10.9 Å². The normalized spacial score (nSPS) is 17.3. The molecule has 1 aliphatic rings.